The maximum Gasteiger partial charge on any atom is 0.417 e. The van der Waals surface area contributed by atoms with Crippen molar-refractivity contribution in [3.05, 3.63) is 82.1 Å². The van der Waals surface area contributed by atoms with Crippen LogP contribution < -0.4 is 15.4 Å². The largest absolute Gasteiger partial charge is 0.457 e. The number of aryl methyl sites for hydroxylation is 1. The molecule has 1 aliphatic carbocycles. The van der Waals surface area contributed by atoms with E-state index in [1.54, 1.807) is 18.3 Å². The van der Waals surface area contributed by atoms with Crippen molar-refractivity contribution in [1.82, 2.24) is 15.2 Å². The average molecular weight is 560 g/mol. The number of fused-ring (bicyclic) bond motifs is 1. The second kappa shape index (κ2) is 12.0. The number of nitrogens with one attached hydrogen (secondary N) is 3. The first-order chi connectivity index (χ1) is 18.5. The Morgan fingerprint density at radius 1 is 1.13 bits per heavy atom. The normalized spacial score (nSPS) is 15.0. The van der Waals surface area contributed by atoms with Crippen LogP contribution in [0.2, 0.25) is 5.02 Å². The third-order valence-corrected chi connectivity index (χ3v) is 6.73. The van der Waals surface area contributed by atoms with Crippen LogP contribution in [-0.4, -0.2) is 48.8 Å². The third-order valence-electron chi connectivity index (χ3n) is 6.40. The van der Waals surface area contributed by atoms with Gasteiger partial charge in [0.1, 0.15) is 23.0 Å². The number of pyridine rings is 1. The van der Waals surface area contributed by atoms with Crippen molar-refractivity contribution in [1.29, 1.82) is 5.41 Å². The molecule has 1 heterocycles. The van der Waals surface area contributed by atoms with Gasteiger partial charge in [0.15, 0.2) is 0 Å². The molecule has 1 aromatic heterocycles. The molecule has 3 aromatic rings. The fraction of sp³-hybridized carbons (Fsp3) is 0.321. The summed E-state index contributed by atoms with van der Waals surface area (Å²) < 4.78 is 45.6. The molecule has 0 aliphatic heterocycles. The average Bonchev–Trinajstić information content (AvgIpc) is 2.88. The van der Waals surface area contributed by atoms with Crippen molar-refractivity contribution in [2.45, 2.75) is 25.4 Å². The summed E-state index contributed by atoms with van der Waals surface area (Å²) >= 11 is 5.69. The number of halogens is 4. The summed E-state index contributed by atoms with van der Waals surface area (Å²) in [5.74, 6) is 0.545. The lowest BCUT2D eigenvalue weighted by Crippen LogP contribution is -2.31. The first-order valence-electron chi connectivity index (χ1n) is 12.4. The summed E-state index contributed by atoms with van der Waals surface area (Å²) in [5.41, 5.74) is 1.56. The number of amidine groups is 1. The van der Waals surface area contributed by atoms with E-state index in [0.717, 1.165) is 29.8 Å². The van der Waals surface area contributed by atoms with Gasteiger partial charge in [-0.3, -0.25) is 15.2 Å². The SMILES string of the molecule is CN(C)CCNC(=N)c1cc(Oc2ccc3c(c2)CC(C(=O)Nc2ccc(Cl)c(C(F)(F)F)c2)CC3)ccn1. The minimum atomic E-state index is -4.61. The molecule has 7 nitrogen and oxygen atoms in total. The standard InChI is InChI=1S/C28H29ClF3N5O2/c1-37(2)12-11-35-26(33)25-16-22(9-10-34-25)39-21-7-5-17-3-4-18(13-19(17)14-21)27(38)36-20-6-8-24(29)23(15-20)28(30,31)32/h5-10,14-16,18H,3-4,11-13H2,1-2H3,(H2,33,35)(H,36,38). The zero-order valence-corrected chi connectivity index (χ0v) is 22.3. The Hall–Kier alpha value is -3.63. The van der Waals surface area contributed by atoms with Gasteiger partial charge in [0.25, 0.3) is 0 Å². The van der Waals surface area contributed by atoms with E-state index in [0.29, 0.717) is 43.0 Å². The van der Waals surface area contributed by atoms with Gasteiger partial charge in [-0.1, -0.05) is 17.7 Å². The van der Waals surface area contributed by atoms with Crippen LogP contribution in [0.25, 0.3) is 0 Å². The second-order valence-corrected chi connectivity index (χ2v) is 10.0. The fourth-order valence-electron chi connectivity index (χ4n) is 4.33. The number of anilines is 1. The first kappa shape index (κ1) is 28.4. The lowest BCUT2D eigenvalue weighted by atomic mass is 9.83. The van der Waals surface area contributed by atoms with Gasteiger partial charge < -0.3 is 20.3 Å². The van der Waals surface area contributed by atoms with Crippen LogP contribution in [0.15, 0.2) is 54.7 Å². The Kier molecular flexibility index (Phi) is 8.76. The monoisotopic (exact) mass is 559 g/mol. The number of aromatic nitrogens is 1. The maximum atomic E-state index is 13.2. The molecule has 2 aromatic carbocycles. The molecule has 1 unspecified atom stereocenters. The van der Waals surface area contributed by atoms with Gasteiger partial charge in [-0.25, -0.2) is 0 Å². The summed E-state index contributed by atoms with van der Waals surface area (Å²) in [6, 6.07) is 12.4. The van der Waals surface area contributed by atoms with Crippen LogP contribution >= 0.6 is 11.6 Å². The molecule has 0 saturated carbocycles. The number of hydrogen-bond donors (Lipinski definition) is 3. The summed E-state index contributed by atoms with van der Waals surface area (Å²) in [5, 5.41) is 13.4. The van der Waals surface area contributed by atoms with E-state index in [1.165, 1.54) is 6.07 Å². The maximum absolute atomic E-state index is 13.2. The molecule has 206 valence electrons. The quantitative estimate of drug-likeness (QED) is 0.241. The van der Waals surface area contributed by atoms with Gasteiger partial charge in [-0.05, 0) is 80.9 Å². The van der Waals surface area contributed by atoms with Crippen LogP contribution in [0.4, 0.5) is 18.9 Å². The van der Waals surface area contributed by atoms with Gasteiger partial charge in [-0.15, -0.1) is 0 Å². The molecular weight excluding hydrogens is 531 g/mol. The molecule has 1 atom stereocenters. The Balaban J connectivity index is 1.41. The zero-order valence-electron chi connectivity index (χ0n) is 21.5. The Morgan fingerprint density at radius 2 is 1.90 bits per heavy atom. The Bertz CT molecular complexity index is 1360. The summed E-state index contributed by atoms with van der Waals surface area (Å²) in [6.07, 6.45) is -1.37. The fourth-order valence-corrected chi connectivity index (χ4v) is 4.55. The van der Waals surface area contributed by atoms with E-state index < -0.39 is 22.7 Å². The lowest BCUT2D eigenvalue weighted by molar-refractivity contribution is -0.137. The number of ether oxygens (including phenoxy) is 1. The number of benzene rings is 2. The van der Waals surface area contributed by atoms with Gasteiger partial charge in [0.05, 0.1) is 10.6 Å². The third kappa shape index (κ3) is 7.48. The number of alkyl halides is 3. The van der Waals surface area contributed by atoms with E-state index in [2.05, 4.69) is 15.6 Å². The van der Waals surface area contributed by atoms with E-state index in [4.69, 9.17) is 21.7 Å². The topological polar surface area (TPSA) is 90.3 Å². The number of hydrogen-bond acceptors (Lipinski definition) is 5. The van der Waals surface area contributed by atoms with Crippen molar-refractivity contribution in [3.63, 3.8) is 0 Å². The molecule has 4 rings (SSSR count). The van der Waals surface area contributed by atoms with Gasteiger partial charge >= 0.3 is 6.18 Å². The van der Waals surface area contributed by atoms with Crippen molar-refractivity contribution in [2.24, 2.45) is 5.92 Å². The number of rotatable bonds is 8. The highest BCUT2D eigenvalue weighted by molar-refractivity contribution is 6.31. The van der Waals surface area contributed by atoms with Crippen molar-refractivity contribution >= 4 is 29.0 Å². The molecule has 1 aliphatic rings. The molecule has 11 heteroatoms. The van der Waals surface area contributed by atoms with Crippen LogP contribution in [0, 0.1) is 11.3 Å². The Morgan fingerprint density at radius 3 is 2.64 bits per heavy atom. The van der Waals surface area contributed by atoms with Crippen molar-refractivity contribution in [3.8, 4) is 11.5 Å². The van der Waals surface area contributed by atoms with Gasteiger partial charge in [0.2, 0.25) is 5.91 Å². The van der Waals surface area contributed by atoms with Crippen molar-refractivity contribution in [2.75, 3.05) is 32.5 Å². The summed E-state index contributed by atoms with van der Waals surface area (Å²) in [7, 11) is 3.91. The van der Waals surface area contributed by atoms with E-state index in [9.17, 15) is 18.0 Å². The number of carbonyl (C=O) groups is 1. The second-order valence-electron chi connectivity index (χ2n) is 9.64. The minimum Gasteiger partial charge on any atom is -0.457 e. The van der Waals surface area contributed by atoms with Gasteiger partial charge in [-0.2, -0.15) is 13.2 Å². The summed E-state index contributed by atoms with van der Waals surface area (Å²) in [6.45, 7) is 1.39. The van der Waals surface area contributed by atoms with E-state index in [-0.39, 0.29) is 17.4 Å². The first-order valence-corrected chi connectivity index (χ1v) is 12.8. The predicted molar refractivity (Wildman–Crippen MR) is 145 cm³/mol. The highest BCUT2D eigenvalue weighted by Crippen LogP contribution is 2.37. The molecule has 3 N–H and O–H groups in total. The molecule has 0 saturated heterocycles. The highest BCUT2D eigenvalue weighted by Gasteiger charge is 2.34. The zero-order chi connectivity index (χ0) is 28.2. The van der Waals surface area contributed by atoms with Crippen LogP contribution in [0.3, 0.4) is 0 Å². The minimum absolute atomic E-state index is 0.0508. The molecule has 0 bridgehead atoms. The van der Waals surface area contributed by atoms with E-state index >= 15 is 0 Å². The number of nitrogens with zero attached hydrogens (tertiary/aromatic N) is 2. The van der Waals surface area contributed by atoms with Gasteiger partial charge in [0, 0.05) is 37.0 Å². The molecular formula is C28H29ClF3N5O2. The molecule has 0 fully saturated rings. The van der Waals surface area contributed by atoms with E-state index in [1.807, 2.05) is 37.2 Å². The molecule has 0 radical (unpaired) electrons. The smallest absolute Gasteiger partial charge is 0.417 e. The number of amides is 1. The summed E-state index contributed by atoms with van der Waals surface area (Å²) in [4.78, 5) is 19.2. The van der Waals surface area contributed by atoms with Crippen molar-refractivity contribution < 1.29 is 22.7 Å². The molecule has 0 spiro atoms. The van der Waals surface area contributed by atoms with Crippen LogP contribution in [0.5, 0.6) is 11.5 Å². The van der Waals surface area contributed by atoms with Crippen LogP contribution in [-0.2, 0) is 23.8 Å². The molecule has 1 amide bonds. The number of likely N-dealkylation sites (N-methyl/N-ethyl adjacent to an activating group) is 1. The van der Waals surface area contributed by atoms with Crippen LogP contribution in [0.1, 0.15) is 28.8 Å². The highest BCUT2D eigenvalue weighted by atomic mass is 35.5. The lowest BCUT2D eigenvalue weighted by Gasteiger charge is -2.24. The predicted octanol–water partition coefficient (Wildman–Crippen LogP) is 5.77. The number of carbonyl (C=O) groups excluding carboxylic acids is 1. The molecule has 39 heavy (non-hydrogen) atoms. The Labute approximate surface area is 229 Å².